The quantitative estimate of drug-likeness (QED) is 0.591. The van der Waals surface area contributed by atoms with Crippen molar-refractivity contribution in [1.82, 2.24) is 14.5 Å². The van der Waals surface area contributed by atoms with E-state index in [2.05, 4.69) is 9.55 Å². The highest BCUT2D eigenvalue weighted by Crippen LogP contribution is 2.32. The first kappa shape index (κ1) is 11.9. The minimum atomic E-state index is -0.0279. The number of imidazole rings is 1. The summed E-state index contributed by atoms with van der Waals surface area (Å²) in [4.78, 5) is 18.0. The van der Waals surface area contributed by atoms with Crippen molar-refractivity contribution in [2.75, 3.05) is 14.1 Å². The van der Waals surface area contributed by atoms with Crippen molar-refractivity contribution in [3.8, 4) is 0 Å². The Morgan fingerprint density at radius 3 is 2.76 bits per heavy atom. The topological polar surface area (TPSA) is 38.1 Å². The lowest BCUT2D eigenvalue weighted by Crippen LogP contribution is -2.17. The van der Waals surface area contributed by atoms with Crippen LogP contribution in [0.25, 0.3) is 0 Å². The van der Waals surface area contributed by atoms with E-state index in [1.165, 1.54) is 19.3 Å². The zero-order valence-electron chi connectivity index (χ0n) is 10.7. The first-order chi connectivity index (χ1) is 8.08. The number of aryl methyl sites for hydroxylation is 1. The Morgan fingerprint density at radius 1 is 1.53 bits per heavy atom. The maximum Gasteiger partial charge on any atom is 0.207 e. The number of carbonyl (C=O) groups excluding carboxylic acids is 1. The average molecular weight is 233 g/mol. The Labute approximate surface area is 102 Å². The zero-order chi connectivity index (χ0) is 12.4. The molecule has 0 atom stereocenters. The van der Waals surface area contributed by atoms with Crippen molar-refractivity contribution in [3.63, 3.8) is 0 Å². The monoisotopic (exact) mass is 233 g/mol. The van der Waals surface area contributed by atoms with E-state index in [4.69, 9.17) is 0 Å². The molecule has 1 aromatic heterocycles. The van der Waals surface area contributed by atoms with Crippen LogP contribution in [-0.2, 0) is 0 Å². The first-order valence-corrected chi connectivity index (χ1v) is 6.02. The minimum absolute atomic E-state index is 0.0279. The van der Waals surface area contributed by atoms with E-state index in [1.807, 2.05) is 32.1 Å². The Kier molecular flexibility index (Phi) is 3.31. The standard InChI is InChI=1S/C13H19N3O/c1-10-14-12(13(17)7-8-15(2)3)9-16(10)11-5-4-6-11/h7-9,11H,4-6H2,1-3H3. The summed E-state index contributed by atoms with van der Waals surface area (Å²) < 4.78 is 2.14. The van der Waals surface area contributed by atoms with Gasteiger partial charge < -0.3 is 9.47 Å². The summed E-state index contributed by atoms with van der Waals surface area (Å²) in [6.07, 6.45) is 8.90. The summed E-state index contributed by atoms with van der Waals surface area (Å²) in [5, 5.41) is 0. The molecule has 0 unspecified atom stereocenters. The molecule has 0 amide bonds. The van der Waals surface area contributed by atoms with Crippen LogP contribution in [-0.4, -0.2) is 34.3 Å². The molecular weight excluding hydrogens is 214 g/mol. The molecule has 1 aliphatic rings. The van der Waals surface area contributed by atoms with E-state index in [9.17, 15) is 4.79 Å². The fourth-order valence-electron chi connectivity index (χ4n) is 1.94. The molecule has 0 spiro atoms. The molecule has 4 nitrogen and oxygen atoms in total. The molecule has 1 heterocycles. The number of aromatic nitrogens is 2. The molecule has 0 aliphatic heterocycles. The van der Waals surface area contributed by atoms with E-state index in [0.29, 0.717) is 11.7 Å². The first-order valence-electron chi connectivity index (χ1n) is 6.02. The van der Waals surface area contributed by atoms with Gasteiger partial charge in [-0.3, -0.25) is 4.79 Å². The van der Waals surface area contributed by atoms with Gasteiger partial charge in [0.15, 0.2) is 0 Å². The van der Waals surface area contributed by atoms with Crippen molar-refractivity contribution in [3.05, 3.63) is 30.0 Å². The van der Waals surface area contributed by atoms with Crippen LogP contribution in [0.15, 0.2) is 18.5 Å². The molecule has 2 rings (SSSR count). The van der Waals surface area contributed by atoms with E-state index in [0.717, 1.165) is 5.82 Å². The van der Waals surface area contributed by atoms with Gasteiger partial charge in [0.1, 0.15) is 11.5 Å². The SMILES string of the molecule is Cc1nc(C(=O)C=CN(C)C)cn1C1CCC1. The summed E-state index contributed by atoms with van der Waals surface area (Å²) in [7, 11) is 3.78. The number of allylic oxidation sites excluding steroid dienone is 1. The predicted molar refractivity (Wildman–Crippen MR) is 67.0 cm³/mol. The van der Waals surface area contributed by atoms with Crippen LogP contribution in [0.1, 0.15) is 41.6 Å². The second-order valence-corrected chi connectivity index (χ2v) is 4.81. The average Bonchev–Trinajstić information content (AvgIpc) is 2.55. The lowest BCUT2D eigenvalue weighted by molar-refractivity contribution is 0.104. The Morgan fingerprint density at radius 2 is 2.24 bits per heavy atom. The molecule has 0 radical (unpaired) electrons. The van der Waals surface area contributed by atoms with Crippen LogP contribution < -0.4 is 0 Å². The molecule has 0 aromatic carbocycles. The predicted octanol–water partition coefficient (Wildman–Crippen LogP) is 2.17. The molecule has 17 heavy (non-hydrogen) atoms. The van der Waals surface area contributed by atoms with Crippen LogP contribution in [0.3, 0.4) is 0 Å². The third kappa shape index (κ3) is 2.57. The van der Waals surface area contributed by atoms with Crippen LogP contribution in [0.4, 0.5) is 0 Å². The third-order valence-electron chi connectivity index (χ3n) is 3.16. The van der Waals surface area contributed by atoms with Gasteiger partial charge in [0.05, 0.1) is 0 Å². The molecule has 0 N–H and O–H groups in total. The van der Waals surface area contributed by atoms with Gasteiger partial charge in [-0.25, -0.2) is 4.98 Å². The molecule has 1 aromatic rings. The molecule has 1 aliphatic carbocycles. The van der Waals surface area contributed by atoms with Gasteiger partial charge in [-0.2, -0.15) is 0 Å². The second-order valence-electron chi connectivity index (χ2n) is 4.81. The van der Waals surface area contributed by atoms with E-state index in [1.54, 1.807) is 12.3 Å². The minimum Gasteiger partial charge on any atom is -0.383 e. The maximum atomic E-state index is 11.9. The van der Waals surface area contributed by atoms with Crippen molar-refractivity contribution < 1.29 is 4.79 Å². The summed E-state index contributed by atoms with van der Waals surface area (Å²) in [5.41, 5.74) is 0.549. The van der Waals surface area contributed by atoms with Gasteiger partial charge >= 0.3 is 0 Å². The summed E-state index contributed by atoms with van der Waals surface area (Å²) in [5.74, 6) is 0.913. The Hall–Kier alpha value is -1.58. The molecule has 92 valence electrons. The summed E-state index contributed by atoms with van der Waals surface area (Å²) in [6, 6.07) is 0.557. The summed E-state index contributed by atoms with van der Waals surface area (Å²) in [6.45, 7) is 1.96. The van der Waals surface area contributed by atoms with Crippen molar-refractivity contribution >= 4 is 5.78 Å². The number of nitrogens with zero attached hydrogens (tertiary/aromatic N) is 3. The molecule has 1 fully saturated rings. The Bertz CT molecular complexity index is 442. The van der Waals surface area contributed by atoms with Gasteiger partial charge in [-0.1, -0.05) is 0 Å². The Balaban J connectivity index is 2.13. The van der Waals surface area contributed by atoms with Crippen LogP contribution in [0, 0.1) is 6.92 Å². The highest BCUT2D eigenvalue weighted by Gasteiger charge is 2.22. The van der Waals surface area contributed by atoms with Gasteiger partial charge in [-0.15, -0.1) is 0 Å². The number of hydrogen-bond acceptors (Lipinski definition) is 3. The molecule has 4 heteroatoms. The molecular formula is C13H19N3O. The van der Waals surface area contributed by atoms with Crippen molar-refractivity contribution in [2.24, 2.45) is 0 Å². The molecule has 0 saturated heterocycles. The number of hydrogen-bond donors (Lipinski definition) is 0. The van der Waals surface area contributed by atoms with Crippen molar-refractivity contribution in [2.45, 2.75) is 32.2 Å². The van der Waals surface area contributed by atoms with E-state index >= 15 is 0 Å². The van der Waals surface area contributed by atoms with Crippen LogP contribution >= 0.6 is 0 Å². The maximum absolute atomic E-state index is 11.9. The lowest BCUT2D eigenvalue weighted by atomic mass is 9.93. The highest BCUT2D eigenvalue weighted by atomic mass is 16.1. The largest absolute Gasteiger partial charge is 0.383 e. The van der Waals surface area contributed by atoms with Gasteiger partial charge in [0, 0.05) is 38.6 Å². The smallest absolute Gasteiger partial charge is 0.207 e. The lowest BCUT2D eigenvalue weighted by Gasteiger charge is -2.27. The van der Waals surface area contributed by atoms with Gasteiger partial charge in [0.25, 0.3) is 0 Å². The summed E-state index contributed by atoms with van der Waals surface area (Å²) >= 11 is 0. The van der Waals surface area contributed by atoms with Gasteiger partial charge in [-0.05, 0) is 26.2 Å². The number of rotatable bonds is 4. The fourth-order valence-corrected chi connectivity index (χ4v) is 1.94. The second kappa shape index (κ2) is 4.73. The van der Waals surface area contributed by atoms with Crippen LogP contribution in [0.5, 0.6) is 0 Å². The molecule has 1 saturated carbocycles. The normalized spacial score (nSPS) is 16.2. The molecule has 0 bridgehead atoms. The van der Waals surface area contributed by atoms with Crippen LogP contribution in [0.2, 0.25) is 0 Å². The van der Waals surface area contributed by atoms with E-state index in [-0.39, 0.29) is 5.78 Å². The van der Waals surface area contributed by atoms with E-state index < -0.39 is 0 Å². The highest BCUT2D eigenvalue weighted by molar-refractivity contribution is 6.02. The fraction of sp³-hybridized carbons (Fsp3) is 0.538. The van der Waals surface area contributed by atoms with Crippen molar-refractivity contribution in [1.29, 1.82) is 0 Å². The number of ketones is 1. The zero-order valence-corrected chi connectivity index (χ0v) is 10.7. The number of carbonyl (C=O) groups is 1. The van der Waals surface area contributed by atoms with Gasteiger partial charge in [0.2, 0.25) is 5.78 Å². The third-order valence-corrected chi connectivity index (χ3v) is 3.16.